The number of halogens is 3. The summed E-state index contributed by atoms with van der Waals surface area (Å²) in [5.41, 5.74) is 1.85. The number of hydrogen-bond acceptors (Lipinski definition) is 2. The van der Waals surface area contributed by atoms with E-state index in [4.69, 9.17) is 0 Å². The Morgan fingerprint density at radius 1 is 1.17 bits per heavy atom. The van der Waals surface area contributed by atoms with Crippen LogP contribution in [0.25, 0.3) is 0 Å². The number of alkyl halides is 3. The van der Waals surface area contributed by atoms with Crippen LogP contribution in [0.4, 0.5) is 13.2 Å². The fourth-order valence-electron chi connectivity index (χ4n) is 1.62. The first kappa shape index (κ1) is 15.0. The molecule has 0 unspecified atom stereocenters. The van der Waals surface area contributed by atoms with Gasteiger partial charge in [0.15, 0.2) is 0 Å². The monoisotopic (exact) mass is 261 g/mol. The van der Waals surface area contributed by atoms with E-state index in [1.54, 1.807) is 6.07 Å². The fraction of sp³-hybridized carbons (Fsp3) is 0.538. The van der Waals surface area contributed by atoms with Crippen molar-refractivity contribution in [1.82, 2.24) is 5.32 Å². The molecular weight excluding hydrogens is 243 g/mol. The zero-order valence-electron chi connectivity index (χ0n) is 10.4. The minimum absolute atomic E-state index is 0.00179. The lowest BCUT2D eigenvalue weighted by atomic mass is 10.1. The Bertz CT molecular complexity index is 352. The van der Waals surface area contributed by atoms with Crippen molar-refractivity contribution in [3.8, 4) is 0 Å². The number of likely N-dealkylation sites (N-methyl/N-ethyl adjacent to an activating group) is 1. The normalized spacial score (nSPS) is 11.8. The lowest BCUT2D eigenvalue weighted by molar-refractivity contribution is -0.176. The molecule has 0 fully saturated rings. The molecule has 0 heterocycles. The SMILES string of the molecule is CCNCCc1ccccc1COCC(F)(F)F. The molecule has 0 radical (unpaired) electrons. The number of ether oxygens (including phenoxy) is 1. The van der Waals surface area contributed by atoms with E-state index in [1.807, 2.05) is 25.1 Å². The molecule has 0 bridgehead atoms. The van der Waals surface area contributed by atoms with Gasteiger partial charge in [0.1, 0.15) is 6.61 Å². The van der Waals surface area contributed by atoms with Gasteiger partial charge in [0.2, 0.25) is 0 Å². The molecule has 0 aliphatic carbocycles. The van der Waals surface area contributed by atoms with E-state index in [1.165, 1.54) is 0 Å². The summed E-state index contributed by atoms with van der Waals surface area (Å²) in [6.45, 7) is 2.51. The van der Waals surface area contributed by atoms with Gasteiger partial charge < -0.3 is 10.1 Å². The Kier molecular flexibility index (Phi) is 6.15. The molecule has 0 aliphatic rings. The van der Waals surface area contributed by atoms with Crippen LogP contribution in [-0.4, -0.2) is 25.9 Å². The zero-order valence-corrected chi connectivity index (χ0v) is 10.4. The molecule has 1 rings (SSSR count). The van der Waals surface area contributed by atoms with Gasteiger partial charge in [-0.2, -0.15) is 13.2 Å². The minimum Gasteiger partial charge on any atom is -0.367 e. The van der Waals surface area contributed by atoms with Gasteiger partial charge >= 0.3 is 6.18 Å². The lowest BCUT2D eigenvalue weighted by Crippen LogP contribution is -2.18. The second kappa shape index (κ2) is 7.38. The Morgan fingerprint density at radius 3 is 2.44 bits per heavy atom. The number of nitrogens with one attached hydrogen (secondary N) is 1. The van der Waals surface area contributed by atoms with Gasteiger partial charge in [-0.25, -0.2) is 0 Å². The maximum absolute atomic E-state index is 12.0. The molecule has 18 heavy (non-hydrogen) atoms. The smallest absolute Gasteiger partial charge is 0.367 e. The van der Waals surface area contributed by atoms with Crippen molar-refractivity contribution in [2.75, 3.05) is 19.7 Å². The fourth-order valence-corrected chi connectivity index (χ4v) is 1.62. The van der Waals surface area contributed by atoms with Crippen LogP contribution in [0, 0.1) is 0 Å². The van der Waals surface area contributed by atoms with Crippen molar-refractivity contribution in [3.05, 3.63) is 35.4 Å². The van der Waals surface area contributed by atoms with E-state index in [9.17, 15) is 13.2 Å². The summed E-state index contributed by atoms with van der Waals surface area (Å²) in [4.78, 5) is 0. The quantitative estimate of drug-likeness (QED) is 0.762. The van der Waals surface area contributed by atoms with E-state index >= 15 is 0 Å². The first-order chi connectivity index (χ1) is 8.53. The molecule has 1 aromatic rings. The third kappa shape index (κ3) is 6.02. The van der Waals surface area contributed by atoms with E-state index in [2.05, 4.69) is 10.1 Å². The Balaban J connectivity index is 2.48. The number of rotatable bonds is 7. The second-order valence-electron chi connectivity index (χ2n) is 3.98. The summed E-state index contributed by atoms with van der Waals surface area (Å²) in [5.74, 6) is 0. The van der Waals surface area contributed by atoms with Gasteiger partial charge in [-0.3, -0.25) is 0 Å². The average Bonchev–Trinajstić information content (AvgIpc) is 2.30. The third-order valence-electron chi connectivity index (χ3n) is 2.46. The summed E-state index contributed by atoms with van der Waals surface area (Å²) in [7, 11) is 0. The molecule has 0 aromatic heterocycles. The van der Waals surface area contributed by atoms with Crippen molar-refractivity contribution < 1.29 is 17.9 Å². The van der Waals surface area contributed by atoms with Crippen LogP contribution in [0.1, 0.15) is 18.1 Å². The van der Waals surface area contributed by atoms with Crippen LogP contribution in [0.5, 0.6) is 0 Å². The molecule has 0 atom stereocenters. The van der Waals surface area contributed by atoms with Crippen LogP contribution >= 0.6 is 0 Å². The van der Waals surface area contributed by atoms with Gasteiger partial charge in [-0.05, 0) is 30.6 Å². The van der Waals surface area contributed by atoms with Crippen LogP contribution in [0.15, 0.2) is 24.3 Å². The van der Waals surface area contributed by atoms with Crippen molar-refractivity contribution in [2.24, 2.45) is 0 Å². The van der Waals surface area contributed by atoms with E-state index in [-0.39, 0.29) is 6.61 Å². The number of benzene rings is 1. The van der Waals surface area contributed by atoms with E-state index in [0.29, 0.717) is 0 Å². The summed E-state index contributed by atoms with van der Waals surface area (Å²) in [6.07, 6.45) is -3.47. The predicted octanol–water partition coefficient (Wildman–Crippen LogP) is 2.92. The van der Waals surface area contributed by atoms with Crippen molar-refractivity contribution in [3.63, 3.8) is 0 Å². The Hall–Kier alpha value is -1.07. The highest BCUT2D eigenvalue weighted by molar-refractivity contribution is 5.26. The maximum atomic E-state index is 12.0. The van der Waals surface area contributed by atoms with Crippen LogP contribution in [0.3, 0.4) is 0 Å². The molecule has 1 aromatic carbocycles. The van der Waals surface area contributed by atoms with Crippen molar-refractivity contribution in [1.29, 1.82) is 0 Å². The summed E-state index contributed by atoms with van der Waals surface area (Å²) in [5, 5.41) is 3.18. The van der Waals surface area contributed by atoms with Gasteiger partial charge in [0, 0.05) is 0 Å². The summed E-state index contributed by atoms with van der Waals surface area (Å²) >= 11 is 0. The van der Waals surface area contributed by atoms with Gasteiger partial charge in [-0.15, -0.1) is 0 Å². The van der Waals surface area contributed by atoms with Crippen LogP contribution < -0.4 is 5.32 Å². The number of hydrogen-bond donors (Lipinski definition) is 1. The standard InChI is InChI=1S/C13H18F3NO/c1-2-17-8-7-11-5-3-4-6-12(11)9-18-10-13(14,15)16/h3-6,17H,2,7-10H2,1H3. The van der Waals surface area contributed by atoms with Crippen LogP contribution in [0.2, 0.25) is 0 Å². The minimum atomic E-state index is -4.27. The molecule has 5 heteroatoms. The van der Waals surface area contributed by atoms with Gasteiger partial charge in [0.05, 0.1) is 6.61 Å². The molecule has 1 N–H and O–H groups in total. The highest BCUT2D eigenvalue weighted by atomic mass is 19.4. The highest BCUT2D eigenvalue weighted by Crippen LogP contribution is 2.17. The molecule has 0 amide bonds. The molecule has 0 saturated carbocycles. The lowest BCUT2D eigenvalue weighted by Gasteiger charge is -2.11. The van der Waals surface area contributed by atoms with Gasteiger partial charge in [0.25, 0.3) is 0 Å². The summed E-state index contributed by atoms with van der Waals surface area (Å²) < 4.78 is 40.6. The predicted molar refractivity (Wildman–Crippen MR) is 64.4 cm³/mol. The zero-order chi connectivity index (χ0) is 13.4. The third-order valence-corrected chi connectivity index (χ3v) is 2.46. The molecule has 0 aliphatic heterocycles. The first-order valence-electron chi connectivity index (χ1n) is 5.95. The molecular formula is C13H18F3NO. The van der Waals surface area contributed by atoms with E-state index in [0.717, 1.165) is 30.6 Å². The van der Waals surface area contributed by atoms with Crippen LogP contribution in [-0.2, 0) is 17.8 Å². The van der Waals surface area contributed by atoms with Gasteiger partial charge in [-0.1, -0.05) is 31.2 Å². The van der Waals surface area contributed by atoms with Crippen molar-refractivity contribution in [2.45, 2.75) is 26.1 Å². The highest BCUT2D eigenvalue weighted by Gasteiger charge is 2.27. The topological polar surface area (TPSA) is 21.3 Å². The summed E-state index contributed by atoms with van der Waals surface area (Å²) in [6, 6.07) is 7.42. The first-order valence-corrected chi connectivity index (χ1v) is 5.95. The average molecular weight is 261 g/mol. The largest absolute Gasteiger partial charge is 0.411 e. The molecule has 0 saturated heterocycles. The molecule has 102 valence electrons. The maximum Gasteiger partial charge on any atom is 0.411 e. The van der Waals surface area contributed by atoms with E-state index < -0.39 is 12.8 Å². The Labute approximate surface area is 105 Å². The van der Waals surface area contributed by atoms with Crippen molar-refractivity contribution >= 4 is 0 Å². The Morgan fingerprint density at radius 2 is 1.83 bits per heavy atom. The molecule has 0 spiro atoms. The molecule has 2 nitrogen and oxygen atoms in total. The second-order valence-corrected chi connectivity index (χ2v) is 3.98.